The van der Waals surface area contributed by atoms with Gasteiger partial charge in [0.2, 0.25) is 0 Å². The Kier molecular flexibility index (Phi) is 4.94. The fraction of sp³-hybridized carbons (Fsp3) is 0.300. The summed E-state index contributed by atoms with van der Waals surface area (Å²) in [4.78, 5) is 23.2. The number of nitrogens with zero attached hydrogens (tertiary/aromatic N) is 3. The van der Waals surface area contributed by atoms with E-state index < -0.39 is 0 Å². The molecule has 0 radical (unpaired) electrons. The van der Waals surface area contributed by atoms with E-state index >= 15 is 0 Å². The molecule has 6 heteroatoms. The van der Waals surface area contributed by atoms with E-state index in [0.29, 0.717) is 0 Å². The first-order valence-corrected chi connectivity index (χ1v) is 9.92. The Morgan fingerprint density at radius 2 is 1.92 bits per heavy atom. The molecular formula is C20H20ClN3OS. The first-order valence-electron chi connectivity index (χ1n) is 8.72. The Morgan fingerprint density at radius 3 is 2.65 bits per heavy atom. The monoisotopic (exact) mass is 385 g/mol. The molecule has 1 aromatic carbocycles. The fourth-order valence-electron chi connectivity index (χ4n) is 3.42. The van der Waals surface area contributed by atoms with Crippen LogP contribution in [-0.4, -0.2) is 46.9 Å². The van der Waals surface area contributed by atoms with E-state index in [9.17, 15) is 4.79 Å². The molecule has 26 heavy (non-hydrogen) atoms. The molecule has 134 valence electrons. The number of halogens is 1. The first kappa shape index (κ1) is 17.5. The molecule has 0 unspecified atom stereocenters. The van der Waals surface area contributed by atoms with Gasteiger partial charge in [-0.15, -0.1) is 11.3 Å². The summed E-state index contributed by atoms with van der Waals surface area (Å²) < 4.78 is 0.828. The van der Waals surface area contributed by atoms with Crippen molar-refractivity contribution in [2.24, 2.45) is 0 Å². The van der Waals surface area contributed by atoms with Gasteiger partial charge in [-0.1, -0.05) is 29.8 Å². The van der Waals surface area contributed by atoms with E-state index in [-0.39, 0.29) is 5.91 Å². The summed E-state index contributed by atoms with van der Waals surface area (Å²) >= 11 is 7.64. The number of thiophene rings is 1. The van der Waals surface area contributed by atoms with E-state index in [2.05, 4.69) is 16.0 Å². The maximum Gasteiger partial charge on any atom is 0.254 e. The SMILES string of the molecule is Cc1cc(C(=O)N2CCN(Cc3ccc(Cl)s3)CC2)c2ccccc2n1. The van der Waals surface area contributed by atoms with E-state index in [1.165, 1.54) is 4.88 Å². The molecule has 1 aliphatic heterocycles. The number of aryl methyl sites for hydroxylation is 1. The number of hydrogen-bond donors (Lipinski definition) is 0. The number of carbonyl (C=O) groups is 1. The van der Waals surface area contributed by atoms with Crippen LogP contribution in [0.5, 0.6) is 0 Å². The molecule has 0 aliphatic carbocycles. The molecule has 0 atom stereocenters. The summed E-state index contributed by atoms with van der Waals surface area (Å²) in [5.74, 6) is 0.102. The van der Waals surface area contributed by atoms with Gasteiger partial charge in [0.05, 0.1) is 15.4 Å². The van der Waals surface area contributed by atoms with Gasteiger partial charge in [-0.05, 0) is 31.2 Å². The molecule has 0 N–H and O–H groups in total. The number of pyridine rings is 1. The van der Waals surface area contributed by atoms with Crippen molar-refractivity contribution >= 4 is 39.7 Å². The Balaban J connectivity index is 1.47. The number of aromatic nitrogens is 1. The first-order chi connectivity index (χ1) is 12.6. The second-order valence-corrected chi connectivity index (χ2v) is 8.40. The van der Waals surface area contributed by atoms with Crippen LogP contribution in [-0.2, 0) is 6.54 Å². The summed E-state index contributed by atoms with van der Waals surface area (Å²) in [6.45, 7) is 6.08. The Labute approximate surface area is 162 Å². The normalized spacial score (nSPS) is 15.5. The van der Waals surface area contributed by atoms with Crippen LogP contribution in [0.25, 0.3) is 10.9 Å². The third-order valence-electron chi connectivity index (χ3n) is 4.74. The van der Waals surface area contributed by atoms with Crippen LogP contribution in [0.4, 0.5) is 0 Å². The average Bonchev–Trinajstić information content (AvgIpc) is 3.06. The molecule has 3 aromatic rings. The molecule has 0 bridgehead atoms. The number of piperazine rings is 1. The fourth-order valence-corrected chi connectivity index (χ4v) is 4.55. The highest BCUT2D eigenvalue weighted by Crippen LogP contribution is 2.24. The number of carbonyl (C=O) groups excluding carboxylic acids is 1. The molecule has 1 saturated heterocycles. The van der Waals surface area contributed by atoms with Crippen LogP contribution >= 0.6 is 22.9 Å². The predicted molar refractivity (Wildman–Crippen MR) is 107 cm³/mol. The molecule has 3 heterocycles. The molecular weight excluding hydrogens is 366 g/mol. The minimum atomic E-state index is 0.102. The summed E-state index contributed by atoms with van der Waals surface area (Å²) in [6, 6.07) is 13.8. The number of hydrogen-bond acceptors (Lipinski definition) is 4. The minimum absolute atomic E-state index is 0.102. The van der Waals surface area contributed by atoms with Crippen molar-refractivity contribution in [2.75, 3.05) is 26.2 Å². The van der Waals surface area contributed by atoms with Gasteiger partial charge < -0.3 is 4.90 Å². The highest BCUT2D eigenvalue weighted by atomic mass is 35.5. The molecule has 4 nitrogen and oxygen atoms in total. The van der Waals surface area contributed by atoms with Crippen molar-refractivity contribution in [2.45, 2.75) is 13.5 Å². The van der Waals surface area contributed by atoms with Gasteiger partial charge in [0.15, 0.2) is 0 Å². The zero-order valence-electron chi connectivity index (χ0n) is 14.6. The third kappa shape index (κ3) is 3.61. The lowest BCUT2D eigenvalue weighted by molar-refractivity contribution is 0.0631. The van der Waals surface area contributed by atoms with Crippen LogP contribution in [0.1, 0.15) is 20.9 Å². The number of rotatable bonds is 3. The Hall–Kier alpha value is -1.95. The molecule has 4 rings (SSSR count). The van der Waals surface area contributed by atoms with Gasteiger partial charge in [0.1, 0.15) is 0 Å². The van der Waals surface area contributed by atoms with Crippen LogP contribution in [0.15, 0.2) is 42.5 Å². The van der Waals surface area contributed by atoms with Crippen LogP contribution in [0.3, 0.4) is 0 Å². The molecule has 0 spiro atoms. The minimum Gasteiger partial charge on any atom is -0.336 e. The summed E-state index contributed by atoms with van der Waals surface area (Å²) in [5, 5.41) is 0.929. The smallest absolute Gasteiger partial charge is 0.254 e. The maximum absolute atomic E-state index is 13.1. The van der Waals surface area contributed by atoms with Crippen molar-refractivity contribution in [3.63, 3.8) is 0 Å². The van der Waals surface area contributed by atoms with Crippen molar-refractivity contribution in [1.82, 2.24) is 14.8 Å². The van der Waals surface area contributed by atoms with E-state index in [1.807, 2.05) is 48.2 Å². The van der Waals surface area contributed by atoms with E-state index in [4.69, 9.17) is 11.6 Å². The molecule has 1 aliphatic rings. The standard InChI is InChI=1S/C20H20ClN3OS/c1-14-12-17(16-4-2-3-5-18(16)22-14)20(25)24-10-8-23(9-11-24)13-15-6-7-19(21)26-15/h2-7,12H,8-11,13H2,1H3. The average molecular weight is 386 g/mol. The number of fused-ring (bicyclic) bond motifs is 1. The quantitative estimate of drug-likeness (QED) is 0.677. The second kappa shape index (κ2) is 7.35. The van der Waals surface area contributed by atoms with Crippen LogP contribution in [0, 0.1) is 6.92 Å². The van der Waals surface area contributed by atoms with Gasteiger partial charge in [-0.2, -0.15) is 0 Å². The second-order valence-electron chi connectivity index (χ2n) is 6.60. The topological polar surface area (TPSA) is 36.4 Å². The van der Waals surface area contributed by atoms with Gasteiger partial charge in [-0.25, -0.2) is 0 Å². The Morgan fingerprint density at radius 1 is 1.15 bits per heavy atom. The van der Waals surface area contributed by atoms with E-state index in [1.54, 1.807) is 11.3 Å². The Bertz CT molecular complexity index is 947. The summed E-state index contributed by atoms with van der Waals surface area (Å²) in [5.41, 5.74) is 2.51. The van der Waals surface area contributed by atoms with Gasteiger partial charge in [0, 0.05) is 48.7 Å². The summed E-state index contributed by atoms with van der Waals surface area (Å²) in [7, 11) is 0. The number of amides is 1. The van der Waals surface area contributed by atoms with Gasteiger partial charge in [0.25, 0.3) is 5.91 Å². The summed E-state index contributed by atoms with van der Waals surface area (Å²) in [6.07, 6.45) is 0. The lowest BCUT2D eigenvalue weighted by atomic mass is 10.1. The lowest BCUT2D eigenvalue weighted by Crippen LogP contribution is -2.48. The molecule has 1 amide bonds. The van der Waals surface area contributed by atoms with Gasteiger partial charge in [-0.3, -0.25) is 14.7 Å². The van der Waals surface area contributed by atoms with Crippen LogP contribution in [0.2, 0.25) is 4.34 Å². The molecule has 1 fully saturated rings. The highest BCUT2D eigenvalue weighted by Gasteiger charge is 2.24. The zero-order chi connectivity index (χ0) is 18.1. The molecule has 2 aromatic heterocycles. The van der Waals surface area contributed by atoms with Crippen molar-refractivity contribution in [3.8, 4) is 0 Å². The van der Waals surface area contributed by atoms with Crippen molar-refractivity contribution in [3.05, 3.63) is 62.9 Å². The third-order valence-corrected chi connectivity index (χ3v) is 5.96. The van der Waals surface area contributed by atoms with Gasteiger partial charge >= 0.3 is 0 Å². The number of benzene rings is 1. The van der Waals surface area contributed by atoms with E-state index in [0.717, 1.165) is 59.2 Å². The van der Waals surface area contributed by atoms with Crippen molar-refractivity contribution in [1.29, 1.82) is 0 Å². The predicted octanol–water partition coefficient (Wildman–Crippen LogP) is 4.22. The highest BCUT2D eigenvalue weighted by molar-refractivity contribution is 7.16. The molecule has 0 saturated carbocycles. The van der Waals surface area contributed by atoms with Crippen LogP contribution < -0.4 is 0 Å². The maximum atomic E-state index is 13.1. The lowest BCUT2D eigenvalue weighted by Gasteiger charge is -2.34. The number of para-hydroxylation sites is 1. The zero-order valence-corrected chi connectivity index (χ0v) is 16.2. The van der Waals surface area contributed by atoms with Crippen molar-refractivity contribution < 1.29 is 4.79 Å². The largest absolute Gasteiger partial charge is 0.336 e.